The molecule has 0 amide bonds. The highest BCUT2D eigenvalue weighted by molar-refractivity contribution is 6.43. The van der Waals surface area contributed by atoms with Crippen molar-refractivity contribution in [2.24, 2.45) is 5.16 Å². The minimum absolute atomic E-state index is 0.00195. The molecule has 0 radical (unpaired) electrons. The van der Waals surface area contributed by atoms with E-state index in [1.807, 2.05) is 6.07 Å². The second kappa shape index (κ2) is 6.01. The number of nitrogens with zero attached hydrogens (tertiary/aromatic N) is 1. The average molecular weight is 275 g/mol. The molecule has 1 aliphatic rings. The number of hydrogen-bond donors (Lipinski definition) is 0. The van der Waals surface area contributed by atoms with Gasteiger partial charge in [0.15, 0.2) is 5.71 Å². The fourth-order valence-electron chi connectivity index (χ4n) is 1.56. The molecule has 1 aromatic rings. The zero-order chi connectivity index (χ0) is 14.5. The molecule has 6 nitrogen and oxygen atoms in total. The Morgan fingerprint density at radius 1 is 1.30 bits per heavy atom. The van der Waals surface area contributed by atoms with E-state index in [1.165, 1.54) is 13.2 Å². The van der Waals surface area contributed by atoms with Crippen LogP contribution < -0.4 is 0 Å². The fraction of sp³-hybridized carbons (Fsp3) is 0.214. The van der Waals surface area contributed by atoms with Crippen LogP contribution in [0.5, 0.6) is 0 Å². The molecule has 6 heteroatoms. The van der Waals surface area contributed by atoms with Gasteiger partial charge >= 0.3 is 11.9 Å². The van der Waals surface area contributed by atoms with Crippen LogP contribution in [-0.2, 0) is 23.9 Å². The van der Waals surface area contributed by atoms with Gasteiger partial charge in [-0.2, -0.15) is 0 Å². The summed E-state index contributed by atoms with van der Waals surface area (Å²) in [6.45, 7) is 1.60. The number of hydrogen-bond acceptors (Lipinski definition) is 6. The molecule has 0 saturated heterocycles. The molecule has 1 atom stereocenters. The summed E-state index contributed by atoms with van der Waals surface area (Å²) < 4.78 is 9.51. The number of methoxy groups -OCH3 is 1. The summed E-state index contributed by atoms with van der Waals surface area (Å²) in [6.07, 6.45) is 0.553. The number of cyclic esters (lactones) is 1. The number of benzene rings is 1. The van der Waals surface area contributed by atoms with Crippen LogP contribution in [0.25, 0.3) is 0 Å². The fourth-order valence-corrected chi connectivity index (χ4v) is 1.56. The largest absolute Gasteiger partial charge is 0.464 e. The second-order valence-electron chi connectivity index (χ2n) is 4.03. The van der Waals surface area contributed by atoms with E-state index in [4.69, 9.17) is 9.57 Å². The maximum atomic E-state index is 11.7. The van der Waals surface area contributed by atoms with Gasteiger partial charge in [0.1, 0.15) is 0 Å². The summed E-state index contributed by atoms with van der Waals surface area (Å²) >= 11 is 0. The van der Waals surface area contributed by atoms with Gasteiger partial charge in [0.05, 0.1) is 7.11 Å². The van der Waals surface area contributed by atoms with Crippen molar-refractivity contribution in [3.05, 3.63) is 47.5 Å². The Morgan fingerprint density at radius 2 is 2.00 bits per heavy atom. The second-order valence-corrected chi connectivity index (χ2v) is 4.03. The van der Waals surface area contributed by atoms with E-state index in [0.717, 1.165) is 0 Å². The lowest BCUT2D eigenvalue weighted by atomic mass is 10.1. The molecule has 0 spiro atoms. The maximum absolute atomic E-state index is 11.7. The minimum atomic E-state index is -0.925. The van der Waals surface area contributed by atoms with Crippen molar-refractivity contribution >= 4 is 17.7 Å². The molecule has 1 aliphatic heterocycles. The van der Waals surface area contributed by atoms with E-state index in [0.29, 0.717) is 11.1 Å². The Bertz CT molecular complexity index is 576. The number of rotatable bonds is 4. The quantitative estimate of drug-likeness (QED) is 0.472. The van der Waals surface area contributed by atoms with E-state index in [9.17, 15) is 9.59 Å². The predicted molar refractivity (Wildman–Crippen MR) is 69.7 cm³/mol. The average Bonchev–Trinajstić information content (AvgIpc) is 2.78. The van der Waals surface area contributed by atoms with Crippen LogP contribution in [0.3, 0.4) is 0 Å². The smallest absolute Gasteiger partial charge is 0.360 e. The minimum Gasteiger partial charge on any atom is -0.464 e. The van der Waals surface area contributed by atoms with E-state index in [2.05, 4.69) is 9.89 Å². The lowest BCUT2D eigenvalue weighted by molar-refractivity contribution is -0.158. The molecule has 1 heterocycles. The van der Waals surface area contributed by atoms with Crippen molar-refractivity contribution in [1.29, 1.82) is 0 Å². The summed E-state index contributed by atoms with van der Waals surface area (Å²) in [7, 11) is 1.25. The van der Waals surface area contributed by atoms with Crippen molar-refractivity contribution in [2.45, 2.75) is 13.2 Å². The first-order valence-corrected chi connectivity index (χ1v) is 5.89. The highest BCUT2D eigenvalue weighted by atomic mass is 16.8. The third-order valence-corrected chi connectivity index (χ3v) is 2.61. The van der Waals surface area contributed by atoms with Crippen LogP contribution in [0.2, 0.25) is 0 Å². The van der Waals surface area contributed by atoms with Crippen LogP contribution >= 0.6 is 0 Å². The number of ether oxygens (including phenoxy) is 2. The summed E-state index contributed by atoms with van der Waals surface area (Å²) in [5.41, 5.74) is 0.982. The zero-order valence-electron chi connectivity index (χ0n) is 11.0. The molecule has 0 saturated carbocycles. The van der Waals surface area contributed by atoms with Gasteiger partial charge in [-0.3, -0.25) is 0 Å². The molecule has 20 heavy (non-hydrogen) atoms. The standard InChI is InChI=1S/C14H13NO5/c1-9-8-11(19-13(9)16)20-15-12(14(17)18-2)10-6-4-3-5-7-10/h3-8,11H,1-2H3/b15-12-. The monoisotopic (exact) mass is 275 g/mol. The lowest BCUT2D eigenvalue weighted by Crippen LogP contribution is -2.19. The van der Waals surface area contributed by atoms with E-state index in [1.54, 1.807) is 31.2 Å². The Labute approximate surface area is 115 Å². The molecule has 0 fully saturated rings. The van der Waals surface area contributed by atoms with Crippen LogP contribution in [0.1, 0.15) is 12.5 Å². The van der Waals surface area contributed by atoms with Gasteiger partial charge < -0.3 is 14.3 Å². The Hall–Kier alpha value is -2.63. The molecule has 0 aromatic heterocycles. The van der Waals surface area contributed by atoms with Crippen molar-refractivity contribution in [3.8, 4) is 0 Å². The van der Waals surface area contributed by atoms with Gasteiger partial charge in [0.25, 0.3) is 6.29 Å². The molecule has 1 aromatic carbocycles. The lowest BCUT2D eigenvalue weighted by Gasteiger charge is -2.08. The van der Waals surface area contributed by atoms with E-state index >= 15 is 0 Å². The number of esters is 2. The number of carbonyl (C=O) groups is 2. The zero-order valence-corrected chi connectivity index (χ0v) is 11.0. The summed E-state index contributed by atoms with van der Waals surface area (Å²) in [6, 6.07) is 8.71. The molecule has 0 aliphatic carbocycles. The SMILES string of the molecule is COC(=O)/C(=N\OC1C=C(C)C(=O)O1)c1ccccc1. The molecule has 1 unspecified atom stereocenters. The Morgan fingerprint density at radius 3 is 2.55 bits per heavy atom. The predicted octanol–water partition coefficient (Wildman–Crippen LogP) is 1.41. The highest BCUT2D eigenvalue weighted by Crippen LogP contribution is 2.14. The van der Waals surface area contributed by atoms with Crippen molar-refractivity contribution in [1.82, 2.24) is 0 Å². The molecule has 104 valence electrons. The topological polar surface area (TPSA) is 74.2 Å². The summed E-state index contributed by atoms with van der Waals surface area (Å²) in [5.74, 6) is -1.11. The first-order chi connectivity index (χ1) is 9.61. The van der Waals surface area contributed by atoms with Crippen LogP contribution in [0, 0.1) is 0 Å². The van der Waals surface area contributed by atoms with Gasteiger partial charge in [-0.25, -0.2) is 9.59 Å². The van der Waals surface area contributed by atoms with E-state index < -0.39 is 18.2 Å². The van der Waals surface area contributed by atoms with Crippen molar-refractivity contribution < 1.29 is 23.9 Å². The maximum Gasteiger partial charge on any atom is 0.360 e. The van der Waals surface area contributed by atoms with Crippen LogP contribution in [0.4, 0.5) is 0 Å². The van der Waals surface area contributed by atoms with Crippen LogP contribution in [0.15, 0.2) is 47.1 Å². The molecule has 2 rings (SSSR count). The molecular weight excluding hydrogens is 262 g/mol. The number of carbonyl (C=O) groups excluding carboxylic acids is 2. The summed E-state index contributed by atoms with van der Waals surface area (Å²) in [5, 5.41) is 3.74. The first-order valence-electron chi connectivity index (χ1n) is 5.89. The first kappa shape index (κ1) is 13.8. The Balaban J connectivity index is 2.18. The normalized spacial score (nSPS) is 18.3. The highest BCUT2D eigenvalue weighted by Gasteiger charge is 2.24. The van der Waals surface area contributed by atoms with Crippen molar-refractivity contribution in [2.75, 3.05) is 7.11 Å². The van der Waals surface area contributed by atoms with Gasteiger partial charge in [-0.05, 0) is 6.92 Å². The van der Waals surface area contributed by atoms with Gasteiger partial charge in [0.2, 0.25) is 0 Å². The van der Waals surface area contributed by atoms with Gasteiger partial charge in [-0.15, -0.1) is 0 Å². The Kier molecular flexibility index (Phi) is 4.14. The third kappa shape index (κ3) is 3.03. The van der Waals surface area contributed by atoms with Gasteiger partial charge in [0, 0.05) is 17.2 Å². The molecular formula is C14H13NO5. The third-order valence-electron chi connectivity index (χ3n) is 2.61. The van der Waals surface area contributed by atoms with Crippen molar-refractivity contribution in [3.63, 3.8) is 0 Å². The van der Waals surface area contributed by atoms with E-state index in [-0.39, 0.29) is 5.71 Å². The molecule has 0 bridgehead atoms. The summed E-state index contributed by atoms with van der Waals surface area (Å²) in [4.78, 5) is 27.9. The molecule has 0 N–H and O–H groups in total. The van der Waals surface area contributed by atoms with Gasteiger partial charge in [-0.1, -0.05) is 35.5 Å². The van der Waals surface area contributed by atoms with Crippen LogP contribution in [-0.4, -0.2) is 31.1 Å². The number of oxime groups is 1.